The van der Waals surface area contributed by atoms with Crippen LogP contribution < -0.4 is 0 Å². The summed E-state index contributed by atoms with van der Waals surface area (Å²) in [6.45, 7) is 3.76. The van der Waals surface area contributed by atoms with Crippen LogP contribution >= 0.6 is 0 Å². The maximum Gasteiger partial charge on any atom is 0.341 e. The van der Waals surface area contributed by atoms with Gasteiger partial charge in [0.15, 0.2) is 5.78 Å². The minimum Gasteiger partial charge on any atom is -0.468 e. The standard InChI is InChI=1S/C19H18O4/c1-18(15-10-7-11-23-15)12-14(17(21)22-3)16(20)19(18,2)13-8-5-4-6-9-13/h4-12H,1-3H3/t18-,19+/m1/s1. The molecule has 1 aliphatic carbocycles. The van der Waals surface area contributed by atoms with Crippen molar-refractivity contribution in [3.63, 3.8) is 0 Å². The van der Waals surface area contributed by atoms with Crippen LogP contribution in [0.15, 0.2) is 64.8 Å². The highest BCUT2D eigenvalue weighted by Gasteiger charge is 2.59. The predicted octanol–water partition coefficient (Wildman–Crippen LogP) is 3.18. The molecule has 0 amide bonds. The molecule has 3 rings (SSSR count). The fraction of sp³-hybridized carbons (Fsp3) is 0.263. The summed E-state index contributed by atoms with van der Waals surface area (Å²) in [5, 5.41) is 0. The van der Waals surface area contributed by atoms with Gasteiger partial charge in [-0.2, -0.15) is 0 Å². The van der Waals surface area contributed by atoms with Crippen molar-refractivity contribution in [1.82, 2.24) is 0 Å². The first-order chi connectivity index (χ1) is 10.9. The van der Waals surface area contributed by atoms with Crippen molar-refractivity contribution in [3.05, 3.63) is 71.7 Å². The number of ketones is 1. The van der Waals surface area contributed by atoms with Crippen LogP contribution in [0.5, 0.6) is 0 Å². The van der Waals surface area contributed by atoms with E-state index in [4.69, 9.17) is 9.15 Å². The molecule has 2 aromatic rings. The topological polar surface area (TPSA) is 56.5 Å². The summed E-state index contributed by atoms with van der Waals surface area (Å²) in [6, 6.07) is 13.1. The minimum atomic E-state index is -0.949. The number of methoxy groups -OCH3 is 1. The van der Waals surface area contributed by atoms with E-state index >= 15 is 0 Å². The maximum atomic E-state index is 13.1. The number of hydrogen-bond acceptors (Lipinski definition) is 4. The summed E-state index contributed by atoms with van der Waals surface area (Å²) in [4.78, 5) is 25.2. The minimum absolute atomic E-state index is 0.0674. The highest BCUT2D eigenvalue weighted by Crippen LogP contribution is 2.52. The molecule has 0 fully saturated rings. The summed E-state index contributed by atoms with van der Waals surface area (Å²) >= 11 is 0. The summed E-state index contributed by atoms with van der Waals surface area (Å²) < 4.78 is 10.4. The van der Waals surface area contributed by atoms with Crippen LogP contribution in [-0.4, -0.2) is 18.9 Å². The van der Waals surface area contributed by atoms with Crippen LogP contribution in [0.3, 0.4) is 0 Å². The van der Waals surface area contributed by atoms with E-state index in [2.05, 4.69) is 0 Å². The van der Waals surface area contributed by atoms with Gasteiger partial charge >= 0.3 is 5.97 Å². The van der Waals surface area contributed by atoms with Gasteiger partial charge in [0.05, 0.1) is 24.2 Å². The fourth-order valence-electron chi connectivity index (χ4n) is 3.36. The molecule has 23 heavy (non-hydrogen) atoms. The number of rotatable bonds is 3. The smallest absolute Gasteiger partial charge is 0.341 e. The molecule has 2 atom stereocenters. The first-order valence-corrected chi connectivity index (χ1v) is 7.40. The Hall–Kier alpha value is -2.62. The number of hydrogen-bond donors (Lipinski definition) is 0. The van der Waals surface area contributed by atoms with E-state index in [9.17, 15) is 9.59 Å². The Morgan fingerprint density at radius 3 is 2.35 bits per heavy atom. The quantitative estimate of drug-likeness (QED) is 0.645. The third-order valence-electron chi connectivity index (χ3n) is 4.96. The monoisotopic (exact) mass is 310 g/mol. The number of Topliss-reactive ketones (excluding diaryl/α,β-unsaturated/α-hetero) is 1. The van der Waals surface area contributed by atoms with Gasteiger partial charge in [0.25, 0.3) is 0 Å². The second-order valence-electron chi connectivity index (χ2n) is 6.05. The lowest BCUT2D eigenvalue weighted by atomic mass is 9.62. The average Bonchev–Trinajstić information content (AvgIpc) is 3.18. The number of carbonyl (C=O) groups is 2. The molecule has 1 aromatic carbocycles. The summed E-state index contributed by atoms with van der Waals surface area (Å²) in [7, 11) is 1.28. The van der Waals surface area contributed by atoms with E-state index in [0.29, 0.717) is 5.76 Å². The Labute approximate surface area is 134 Å². The van der Waals surface area contributed by atoms with Gasteiger partial charge in [0.2, 0.25) is 0 Å². The van der Waals surface area contributed by atoms with Crippen molar-refractivity contribution in [2.75, 3.05) is 7.11 Å². The zero-order valence-corrected chi connectivity index (χ0v) is 13.3. The van der Waals surface area contributed by atoms with Crippen molar-refractivity contribution in [3.8, 4) is 0 Å². The van der Waals surface area contributed by atoms with Crippen molar-refractivity contribution in [2.24, 2.45) is 0 Å². The van der Waals surface area contributed by atoms with Crippen LogP contribution in [0.25, 0.3) is 0 Å². The van der Waals surface area contributed by atoms with E-state index in [1.807, 2.05) is 50.2 Å². The van der Waals surface area contributed by atoms with E-state index < -0.39 is 16.8 Å². The van der Waals surface area contributed by atoms with E-state index in [0.717, 1.165) is 5.56 Å². The fourth-order valence-corrected chi connectivity index (χ4v) is 3.36. The van der Waals surface area contributed by atoms with Gasteiger partial charge in [-0.05, 0) is 31.5 Å². The molecule has 0 saturated carbocycles. The first kappa shape index (κ1) is 15.3. The van der Waals surface area contributed by atoms with Gasteiger partial charge < -0.3 is 9.15 Å². The number of allylic oxidation sites excluding steroid dienone is 1. The molecule has 118 valence electrons. The van der Waals surface area contributed by atoms with Gasteiger partial charge in [-0.3, -0.25) is 4.79 Å². The van der Waals surface area contributed by atoms with Gasteiger partial charge in [-0.1, -0.05) is 36.4 Å². The van der Waals surface area contributed by atoms with E-state index in [1.165, 1.54) is 7.11 Å². The highest BCUT2D eigenvalue weighted by atomic mass is 16.5. The van der Waals surface area contributed by atoms with Crippen LogP contribution in [-0.2, 0) is 25.2 Å². The lowest BCUT2D eigenvalue weighted by Gasteiger charge is -2.38. The maximum absolute atomic E-state index is 13.1. The molecule has 1 heterocycles. The Bertz CT molecular complexity index is 773. The molecule has 0 N–H and O–H groups in total. The Kier molecular flexibility index (Phi) is 3.48. The second-order valence-corrected chi connectivity index (χ2v) is 6.05. The summed E-state index contributed by atoms with van der Waals surface area (Å²) in [6.07, 6.45) is 3.24. The molecule has 4 nitrogen and oxygen atoms in total. The molecule has 1 aliphatic rings. The Balaban J connectivity index is 2.26. The second kappa shape index (κ2) is 5.23. The lowest BCUT2D eigenvalue weighted by molar-refractivity contribution is -0.138. The predicted molar refractivity (Wildman–Crippen MR) is 85.0 cm³/mol. The van der Waals surface area contributed by atoms with Crippen molar-refractivity contribution < 1.29 is 18.7 Å². The van der Waals surface area contributed by atoms with Crippen LogP contribution in [0.4, 0.5) is 0 Å². The van der Waals surface area contributed by atoms with Crippen molar-refractivity contribution >= 4 is 11.8 Å². The van der Waals surface area contributed by atoms with Crippen LogP contribution in [0.1, 0.15) is 25.2 Å². The normalized spacial score (nSPS) is 26.9. The Morgan fingerprint density at radius 1 is 1.09 bits per heavy atom. The molecular weight excluding hydrogens is 292 g/mol. The number of esters is 1. The number of benzene rings is 1. The molecular formula is C19H18O4. The van der Waals surface area contributed by atoms with E-state index in [1.54, 1.807) is 18.4 Å². The zero-order valence-electron chi connectivity index (χ0n) is 13.3. The summed E-state index contributed by atoms with van der Waals surface area (Å²) in [5.74, 6) is -0.238. The van der Waals surface area contributed by atoms with Gasteiger partial charge in [-0.15, -0.1) is 0 Å². The molecule has 0 aliphatic heterocycles. The van der Waals surface area contributed by atoms with Crippen molar-refractivity contribution in [2.45, 2.75) is 24.7 Å². The van der Waals surface area contributed by atoms with Crippen LogP contribution in [0, 0.1) is 0 Å². The molecule has 0 radical (unpaired) electrons. The zero-order chi connectivity index (χ0) is 16.7. The molecule has 0 spiro atoms. The van der Waals surface area contributed by atoms with Gasteiger partial charge in [-0.25, -0.2) is 4.79 Å². The average molecular weight is 310 g/mol. The van der Waals surface area contributed by atoms with Crippen LogP contribution in [0.2, 0.25) is 0 Å². The Morgan fingerprint density at radius 2 is 1.78 bits per heavy atom. The molecule has 0 saturated heterocycles. The molecule has 4 heteroatoms. The molecule has 1 aromatic heterocycles. The third kappa shape index (κ3) is 1.98. The first-order valence-electron chi connectivity index (χ1n) is 7.40. The summed E-state index contributed by atoms with van der Waals surface area (Å²) in [5.41, 5.74) is -0.828. The number of ether oxygens (including phenoxy) is 1. The molecule has 0 bridgehead atoms. The van der Waals surface area contributed by atoms with E-state index in [-0.39, 0.29) is 11.4 Å². The number of furan rings is 1. The molecule has 0 unspecified atom stereocenters. The van der Waals surface area contributed by atoms with Gasteiger partial charge in [0.1, 0.15) is 11.3 Å². The largest absolute Gasteiger partial charge is 0.468 e. The lowest BCUT2D eigenvalue weighted by Crippen LogP contribution is -2.45. The SMILES string of the molecule is COC(=O)C1=C[C@](C)(c2ccco2)[C@@](C)(c2ccccc2)C1=O. The van der Waals surface area contributed by atoms with Gasteiger partial charge in [0, 0.05) is 0 Å². The number of carbonyl (C=O) groups excluding carboxylic acids is 2. The highest BCUT2D eigenvalue weighted by molar-refractivity contribution is 6.24. The van der Waals surface area contributed by atoms with Crippen molar-refractivity contribution in [1.29, 1.82) is 0 Å². The third-order valence-corrected chi connectivity index (χ3v) is 4.96.